The molecule has 3 rings (SSSR count). The highest BCUT2D eigenvalue weighted by atomic mass is 35.5. The van der Waals surface area contributed by atoms with Gasteiger partial charge in [0, 0.05) is 0 Å². The predicted octanol–water partition coefficient (Wildman–Crippen LogP) is 3.18. The number of benzene rings is 2. The molecule has 0 aliphatic rings. The van der Waals surface area contributed by atoms with Crippen LogP contribution in [0, 0.1) is 5.92 Å². The molecular weight excluding hydrogens is 354 g/mol. The second-order valence-electron chi connectivity index (χ2n) is 6.31. The minimum absolute atomic E-state index is 0.294. The van der Waals surface area contributed by atoms with Gasteiger partial charge in [0.25, 0.3) is 5.56 Å². The number of para-hydroxylation sites is 2. The highest BCUT2D eigenvalue weighted by Gasteiger charge is 2.28. The highest BCUT2D eigenvalue weighted by Crippen LogP contribution is 2.23. The molecule has 0 radical (unpaired) electrons. The molecule has 134 valence electrons. The molecule has 0 aliphatic heterocycles. The van der Waals surface area contributed by atoms with Crippen LogP contribution in [-0.2, 0) is 4.79 Å². The molecule has 1 atom stereocenters. The van der Waals surface area contributed by atoms with Gasteiger partial charge in [0.2, 0.25) is 5.91 Å². The Morgan fingerprint density at radius 1 is 1.08 bits per heavy atom. The van der Waals surface area contributed by atoms with E-state index >= 15 is 0 Å². The zero-order valence-electron chi connectivity index (χ0n) is 14.3. The lowest BCUT2D eigenvalue weighted by atomic mass is 10.0. The fraction of sp³-hybridized carbons (Fsp3) is 0.211. The molecule has 1 heterocycles. The smallest absolute Gasteiger partial charge is 0.323 e. The lowest BCUT2D eigenvalue weighted by molar-refractivity contribution is -0.120. The lowest BCUT2D eigenvalue weighted by Crippen LogP contribution is -2.44. The number of halogens is 1. The van der Waals surface area contributed by atoms with E-state index in [0.29, 0.717) is 21.6 Å². The van der Waals surface area contributed by atoms with Gasteiger partial charge in [0.1, 0.15) is 6.04 Å². The van der Waals surface area contributed by atoms with Crippen LogP contribution in [0.25, 0.3) is 10.9 Å². The van der Waals surface area contributed by atoms with Crippen LogP contribution in [0.15, 0.2) is 58.1 Å². The lowest BCUT2D eigenvalue weighted by Gasteiger charge is -2.22. The third kappa shape index (κ3) is 3.28. The van der Waals surface area contributed by atoms with Crippen LogP contribution in [0.3, 0.4) is 0 Å². The first-order valence-corrected chi connectivity index (χ1v) is 8.57. The minimum Gasteiger partial charge on any atom is -0.323 e. The number of aromatic amines is 1. The zero-order valence-corrected chi connectivity index (χ0v) is 15.1. The van der Waals surface area contributed by atoms with Gasteiger partial charge in [-0.3, -0.25) is 9.59 Å². The molecule has 1 amide bonds. The molecule has 0 spiro atoms. The summed E-state index contributed by atoms with van der Waals surface area (Å²) in [5, 5.41) is 3.44. The van der Waals surface area contributed by atoms with E-state index < -0.39 is 23.2 Å². The largest absolute Gasteiger partial charge is 0.329 e. The van der Waals surface area contributed by atoms with Crippen LogP contribution in [0.4, 0.5) is 5.69 Å². The van der Waals surface area contributed by atoms with E-state index in [1.54, 1.807) is 62.4 Å². The van der Waals surface area contributed by atoms with Crippen LogP contribution in [0.5, 0.6) is 0 Å². The standard InChI is InChI=1S/C19H18ClN3O3/c1-11(2)16(17(24)21-15-10-6-4-8-13(15)20)23-18(25)12-7-3-5-9-14(12)22-19(23)26/h3-11,16H,1-2H3,(H,21,24)(H,22,26). The number of hydrogen-bond acceptors (Lipinski definition) is 3. The van der Waals surface area contributed by atoms with Crippen molar-refractivity contribution >= 4 is 34.1 Å². The Balaban J connectivity index is 2.10. The topological polar surface area (TPSA) is 84.0 Å². The Kier molecular flexibility index (Phi) is 4.95. The van der Waals surface area contributed by atoms with Crippen molar-refractivity contribution in [1.29, 1.82) is 0 Å². The van der Waals surface area contributed by atoms with Gasteiger partial charge in [-0.15, -0.1) is 0 Å². The molecule has 6 nitrogen and oxygen atoms in total. The van der Waals surface area contributed by atoms with Gasteiger partial charge in [0.15, 0.2) is 0 Å². The van der Waals surface area contributed by atoms with E-state index in [2.05, 4.69) is 10.3 Å². The van der Waals surface area contributed by atoms with Gasteiger partial charge >= 0.3 is 5.69 Å². The van der Waals surface area contributed by atoms with Crippen molar-refractivity contribution in [3.8, 4) is 0 Å². The van der Waals surface area contributed by atoms with Crippen molar-refractivity contribution in [2.75, 3.05) is 5.32 Å². The van der Waals surface area contributed by atoms with Gasteiger partial charge in [-0.1, -0.05) is 49.7 Å². The van der Waals surface area contributed by atoms with Crippen LogP contribution < -0.4 is 16.6 Å². The Hall–Kier alpha value is -2.86. The number of rotatable bonds is 4. The van der Waals surface area contributed by atoms with Crippen LogP contribution in [0.2, 0.25) is 5.02 Å². The average molecular weight is 372 g/mol. The third-order valence-electron chi connectivity index (χ3n) is 4.15. The van der Waals surface area contributed by atoms with E-state index in [-0.39, 0.29) is 5.92 Å². The normalized spacial score (nSPS) is 12.3. The van der Waals surface area contributed by atoms with Crippen molar-refractivity contribution in [2.45, 2.75) is 19.9 Å². The number of anilines is 1. The Labute approximate surface area is 154 Å². The number of fused-ring (bicyclic) bond motifs is 1. The summed E-state index contributed by atoms with van der Waals surface area (Å²) in [6.45, 7) is 3.55. The molecule has 7 heteroatoms. The number of carbonyl (C=O) groups is 1. The van der Waals surface area contributed by atoms with Crippen LogP contribution in [0.1, 0.15) is 19.9 Å². The van der Waals surface area contributed by atoms with Gasteiger partial charge in [-0.2, -0.15) is 0 Å². The summed E-state index contributed by atoms with van der Waals surface area (Å²) in [6.07, 6.45) is 0. The molecule has 2 aromatic carbocycles. The summed E-state index contributed by atoms with van der Waals surface area (Å²) in [5.74, 6) is -0.770. The molecule has 0 bridgehead atoms. The number of nitrogens with zero attached hydrogens (tertiary/aromatic N) is 1. The van der Waals surface area contributed by atoms with Crippen LogP contribution in [-0.4, -0.2) is 15.5 Å². The summed E-state index contributed by atoms with van der Waals surface area (Å²) in [4.78, 5) is 40.9. The van der Waals surface area contributed by atoms with Gasteiger partial charge in [-0.25, -0.2) is 9.36 Å². The molecule has 1 unspecified atom stereocenters. The molecule has 0 saturated carbocycles. The molecule has 1 aromatic heterocycles. The van der Waals surface area contributed by atoms with Crippen LogP contribution >= 0.6 is 11.6 Å². The molecule has 3 aromatic rings. The molecule has 0 fully saturated rings. The zero-order chi connectivity index (χ0) is 18.8. The van der Waals surface area contributed by atoms with Crippen molar-refractivity contribution in [1.82, 2.24) is 9.55 Å². The Morgan fingerprint density at radius 3 is 2.42 bits per heavy atom. The number of H-pyrrole nitrogens is 1. The number of hydrogen-bond donors (Lipinski definition) is 2. The van der Waals surface area contributed by atoms with E-state index in [1.807, 2.05) is 0 Å². The Bertz CT molecular complexity index is 1090. The van der Waals surface area contributed by atoms with Gasteiger partial charge in [-0.05, 0) is 30.2 Å². The molecule has 26 heavy (non-hydrogen) atoms. The third-order valence-corrected chi connectivity index (χ3v) is 4.48. The van der Waals surface area contributed by atoms with Crippen molar-refractivity contribution in [2.24, 2.45) is 5.92 Å². The highest BCUT2D eigenvalue weighted by molar-refractivity contribution is 6.33. The SMILES string of the molecule is CC(C)C(C(=O)Nc1ccccc1Cl)n1c(=O)[nH]c2ccccc2c1=O. The van der Waals surface area contributed by atoms with Crippen molar-refractivity contribution in [3.05, 3.63) is 74.4 Å². The number of aromatic nitrogens is 2. The van der Waals surface area contributed by atoms with E-state index in [9.17, 15) is 14.4 Å². The summed E-state index contributed by atoms with van der Waals surface area (Å²) in [5.41, 5.74) is -0.262. The van der Waals surface area contributed by atoms with Gasteiger partial charge in [0.05, 0.1) is 21.6 Å². The summed E-state index contributed by atoms with van der Waals surface area (Å²) >= 11 is 6.09. The molecule has 0 saturated heterocycles. The number of nitrogens with one attached hydrogen (secondary N) is 2. The molecule has 0 aliphatic carbocycles. The number of amides is 1. The summed E-state index contributed by atoms with van der Waals surface area (Å²) in [7, 11) is 0. The van der Waals surface area contributed by atoms with E-state index in [4.69, 9.17) is 11.6 Å². The van der Waals surface area contributed by atoms with Crippen molar-refractivity contribution in [3.63, 3.8) is 0 Å². The second-order valence-corrected chi connectivity index (χ2v) is 6.72. The number of carbonyl (C=O) groups excluding carboxylic acids is 1. The summed E-state index contributed by atoms with van der Waals surface area (Å²) < 4.78 is 0.971. The van der Waals surface area contributed by atoms with E-state index in [0.717, 1.165) is 4.57 Å². The van der Waals surface area contributed by atoms with E-state index in [1.165, 1.54) is 0 Å². The fourth-order valence-corrected chi connectivity index (χ4v) is 3.10. The quantitative estimate of drug-likeness (QED) is 0.738. The van der Waals surface area contributed by atoms with Crippen molar-refractivity contribution < 1.29 is 4.79 Å². The maximum absolute atomic E-state index is 12.9. The van der Waals surface area contributed by atoms with Gasteiger partial charge < -0.3 is 10.3 Å². The first-order valence-electron chi connectivity index (χ1n) is 8.19. The minimum atomic E-state index is -0.980. The maximum Gasteiger partial charge on any atom is 0.329 e. The maximum atomic E-state index is 12.9. The molecule has 2 N–H and O–H groups in total. The monoisotopic (exact) mass is 371 g/mol. The predicted molar refractivity (Wildman–Crippen MR) is 103 cm³/mol. The Morgan fingerprint density at radius 2 is 1.73 bits per heavy atom. The first kappa shape index (κ1) is 17.9. The average Bonchev–Trinajstić information content (AvgIpc) is 2.60. The first-order chi connectivity index (χ1) is 12.4. The summed E-state index contributed by atoms with van der Waals surface area (Å²) in [6, 6.07) is 12.5. The fourth-order valence-electron chi connectivity index (χ4n) is 2.92. The second kappa shape index (κ2) is 7.17. The molecular formula is C19H18ClN3O3.